The highest BCUT2D eigenvalue weighted by Gasteiger charge is 2.22. The van der Waals surface area contributed by atoms with Gasteiger partial charge < -0.3 is 15.5 Å². The number of hydrogen-bond donors (Lipinski definition) is 2. The minimum Gasteiger partial charge on any atom is -0.385 e. The van der Waals surface area contributed by atoms with Gasteiger partial charge in [-0.15, -0.1) is 0 Å². The van der Waals surface area contributed by atoms with Gasteiger partial charge in [0.2, 0.25) is 0 Å². The summed E-state index contributed by atoms with van der Waals surface area (Å²) in [6.07, 6.45) is 6.08. The molecule has 0 amide bonds. The summed E-state index contributed by atoms with van der Waals surface area (Å²) >= 11 is 0. The van der Waals surface area contributed by atoms with E-state index in [1.807, 2.05) is 18.0 Å². The quantitative estimate of drug-likeness (QED) is 0.607. The first-order valence-electron chi connectivity index (χ1n) is 9.28. The van der Waals surface area contributed by atoms with Gasteiger partial charge in [0.1, 0.15) is 6.33 Å². The predicted molar refractivity (Wildman–Crippen MR) is 110 cm³/mol. The molecule has 1 aliphatic rings. The van der Waals surface area contributed by atoms with Gasteiger partial charge in [0.05, 0.1) is 5.70 Å². The third kappa shape index (κ3) is 4.57. The summed E-state index contributed by atoms with van der Waals surface area (Å²) in [5.74, 6) is 0. The van der Waals surface area contributed by atoms with Crippen LogP contribution in [-0.4, -0.2) is 11.4 Å². The van der Waals surface area contributed by atoms with Gasteiger partial charge in [0, 0.05) is 41.1 Å². The zero-order chi connectivity index (χ0) is 19.1. The van der Waals surface area contributed by atoms with Crippen LogP contribution in [0.3, 0.4) is 0 Å². The molecular weight excluding hydrogens is 325 g/mol. The van der Waals surface area contributed by atoms with Crippen LogP contribution in [0.2, 0.25) is 0 Å². The topological polar surface area (TPSA) is 27.3 Å². The molecule has 0 radical (unpaired) electrons. The van der Waals surface area contributed by atoms with E-state index in [0.717, 1.165) is 54.1 Å². The van der Waals surface area contributed by atoms with Crippen LogP contribution < -0.4 is 10.6 Å². The minimum absolute atomic E-state index is 0.651. The number of rotatable bonds is 8. The Morgan fingerprint density at radius 2 is 2.08 bits per heavy atom. The van der Waals surface area contributed by atoms with E-state index < -0.39 is 0 Å². The second-order valence-corrected chi connectivity index (χ2v) is 6.56. The average molecular weight is 356 g/mol. The number of nitrogens with one attached hydrogen (secondary N) is 2. The molecule has 0 aliphatic carbocycles. The van der Waals surface area contributed by atoms with Crippen molar-refractivity contribution in [2.75, 3.05) is 11.9 Å². The molecule has 1 heterocycles. The van der Waals surface area contributed by atoms with E-state index in [0.29, 0.717) is 18.4 Å². The lowest BCUT2D eigenvalue weighted by molar-refractivity contribution is 0.539. The first-order chi connectivity index (χ1) is 12.5. The van der Waals surface area contributed by atoms with Crippen LogP contribution in [0, 0.1) is 0 Å². The number of likely N-dealkylation sites (tertiary alicyclic amines) is 1. The maximum Gasteiger partial charge on any atom is 0.106 e. The molecule has 1 aliphatic heterocycles. The fourth-order valence-electron chi connectivity index (χ4n) is 3.29. The summed E-state index contributed by atoms with van der Waals surface area (Å²) < 4.78 is 13.1. The van der Waals surface area contributed by atoms with Crippen molar-refractivity contribution in [1.29, 1.82) is 0 Å². The SMILES string of the molecule is C=C(N/C=C(\C)N1C(=C)CC/C1=C\F)c1ccc(NCC)cc1CCC. The molecule has 0 saturated carbocycles. The molecule has 2 N–H and O–H groups in total. The van der Waals surface area contributed by atoms with Crippen molar-refractivity contribution < 1.29 is 4.39 Å². The first kappa shape index (κ1) is 19.8. The smallest absolute Gasteiger partial charge is 0.106 e. The molecule has 2 rings (SSSR count). The van der Waals surface area contributed by atoms with Crippen LogP contribution in [-0.2, 0) is 6.42 Å². The van der Waals surface area contributed by atoms with Crippen LogP contribution >= 0.6 is 0 Å². The Bertz CT molecular complexity index is 731. The van der Waals surface area contributed by atoms with Gasteiger partial charge in [-0.25, -0.2) is 4.39 Å². The number of halogens is 1. The molecule has 1 aromatic carbocycles. The summed E-state index contributed by atoms with van der Waals surface area (Å²) in [5, 5.41) is 6.64. The van der Waals surface area contributed by atoms with E-state index in [-0.39, 0.29) is 0 Å². The minimum atomic E-state index is 0.651. The molecule has 0 atom stereocenters. The number of anilines is 1. The molecule has 1 aromatic rings. The van der Waals surface area contributed by atoms with Crippen molar-refractivity contribution in [3.8, 4) is 0 Å². The molecule has 3 nitrogen and oxygen atoms in total. The molecular formula is C22H30FN3. The van der Waals surface area contributed by atoms with Crippen molar-refractivity contribution in [3.05, 3.63) is 72.1 Å². The highest BCUT2D eigenvalue weighted by atomic mass is 19.1. The van der Waals surface area contributed by atoms with Gasteiger partial charge in [0.25, 0.3) is 0 Å². The molecule has 0 bridgehead atoms. The molecule has 1 saturated heterocycles. The Labute approximate surface area is 157 Å². The Balaban J connectivity index is 2.17. The summed E-state index contributed by atoms with van der Waals surface area (Å²) in [4.78, 5) is 1.86. The van der Waals surface area contributed by atoms with Gasteiger partial charge in [-0.05, 0) is 50.8 Å². The normalized spacial score (nSPS) is 16.3. The van der Waals surface area contributed by atoms with Gasteiger partial charge in [-0.1, -0.05) is 32.6 Å². The van der Waals surface area contributed by atoms with Crippen molar-refractivity contribution >= 4 is 11.4 Å². The second-order valence-electron chi connectivity index (χ2n) is 6.56. The molecule has 26 heavy (non-hydrogen) atoms. The Morgan fingerprint density at radius 3 is 2.73 bits per heavy atom. The lowest BCUT2D eigenvalue weighted by Crippen LogP contribution is -2.16. The lowest BCUT2D eigenvalue weighted by atomic mass is 10.00. The van der Waals surface area contributed by atoms with Crippen LogP contribution in [0.4, 0.5) is 10.1 Å². The number of benzene rings is 1. The van der Waals surface area contributed by atoms with Crippen LogP contribution in [0.25, 0.3) is 5.70 Å². The third-order valence-electron chi connectivity index (χ3n) is 4.54. The molecule has 0 aromatic heterocycles. The standard InChI is InChI=1S/C22H30FN3/c1-6-8-19-13-20(24-7-2)10-12-22(19)18(5)25-15-17(4)26-16(3)9-11-21(26)14-23/h10,12-15,24-25H,3,5-9,11H2,1-2,4H3/b17-15+,21-14+. The van der Waals surface area contributed by atoms with Gasteiger partial charge in [-0.3, -0.25) is 0 Å². The summed E-state index contributed by atoms with van der Waals surface area (Å²) in [6.45, 7) is 15.3. The van der Waals surface area contributed by atoms with E-state index in [1.165, 1.54) is 5.56 Å². The Hall–Kier alpha value is -2.49. The number of allylic oxidation sites excluding steroid dienone is 3. The van der Waals surface area contributed by atoms with Gasteiger partial charge in [0.15, 0.2) is 0 Å². The fourth-order valence-corrected chi connectivity index (χ4v) is 3.29. The van der Waals surface area contributed by atoms with Crippen molar-refractivity contribution in [3.63, 3.8) is 0 Å². The number of nitrogens with zero attached hydrogens (tertiary/aromatic N) is 1. The van der Waals surface area contributed by atoms with Crippen molar-refractivity contribution in [1.82, 2.24) is 10.2 Å². The predicted octanol–water partition coefficient (Wildman–Crippen LogP) is 5.91. The highest BCUT2D eigenvalue weighted by Crippen LogP contribution is 2.33. The number of aryl methyl sites for hydroxylation is 1. The maximum atomic E-state index is 13.1. The third-order valence-corrected chi connectivity index (χ3v) is 4.54. The molecule has 4 heteroatoms. The summed E-state index contributed by atoms with van der Waals surface area (Å²) in [6, 6.07) is 6.37. The van der Waals surface area contributed by atoms with Crippen LogP contribution in [0.15, 0.2) is 61.0 Å². The molecule has 0 spiro atoms. The molecule has 1 fully saturated rings. The van der Waals surface area contributed by atoms with E-state index in [1.54, 1.807) is 0 Å². The van der Waals surface area contributed by atoms with Gasteiger partial charge >= 0.3 is 0 Å². The molecule has 140 valence electrons. The largest absolute Gasteiger partial charge is 0.385 e. The molecule has 0 unspecified atom stereocenters. The van der Waals surface area contributed by atoms with Crippen molar-refractivity contribution in [2.24, 2.45) is 0 Å². The summed E-state index contributed by atoms with van der Waals surface area (Å²) in [7, 11) is 0. The average Bonchev–Trinajstić information content (AvgIpc) is 3.01. The van der Waals surface area contributed by atoms with E-state index in [9.17, 15) is 4.39 Å². The zero-order valence-electron chi connectivity index (χ0n) is 16.2. The number of hydrogen-bond acceptors (Lipinski definition) is 3. The second kappa shape index (κ2) is 9.27. The van der Waals surface area contributed by atoms with Gasteiger partial charge in [-0.2, -0.15) is 0 Å². The highest BCUT2D eigenvalue weighted by molar-refractivity contribution is 5.68. The van der Waals surface area contributed by atoms with Crippen LogP contribution in [0.1, 0.15) is 51.2 Å². The maximum absolute atomic E-state index is 13.1. The lowest BCUT2D eigenvalue weighted by Gasteiger charge is -2.22. The Morgan fingerprint density at radius 1 is 1.31 bits per heavy atom. The van der Waals surface area contributed by atoms with Crippen molar-refractivity contribution in [2.45, 2.75) is 46.5 Å². The Kier molecular flexibility index (Phi) is 7.07. The van der Waals surface area contributed by atoms with E-state index in [4.69, 9.17) is 0 Å². The first-order valence-corrected chi connectivity index (χ1v) is 9.28. The fraction of sp³-hybridized carbons (Fsp3) is 0.364. The monoisotopic (exact) mass is 355 g/mol. The summed E-state index contributed by atoms with van der Waals surface area (Å²) in [5.41, 5.74) is 6.81. The van der Waals surface area contributed by atoms with E-state index in [2.05, 4.69) is 55.8 Å². The zero-order valence-corrected chi connectivity index (χ0v) is 16.2. The van der Waals surface area contributed by atoms with E-state index >= 15 is 0 Å². The van der Waals surface area contributed by atoms with Crippen LogP contribution in [0.5, 0.6) is 0 Å².